The molecule has 0 spiro atoms. The number of rotatable bonds is 4. The van der Waals surface area contributed by atoms with Crippen LogP contribution in [0.4, 0.5) is 0 Å². The van der Waals surface area contributed by atoms with Crippen LogP contribution in [0.2, 0.25) is 0 Å². The summed E-state index contributed by atoms with van der Waals surface area (Å²) in [5.41, 5.74) is 0. The van der Waals surface area contributed by atoms with E-state index in [1.54, 1.807) is 0 Å². The lowest BCUT2D eigenvalue weighted by molar-refractivity contribution is 0.549. The molecule has 0 saturated heterocycles. The molecule has 1 aliphatic rings. The monoisotopic (exact) mass is 125 g/mol. The van der Waals surface area contributed by atoms with E-state index < -0.39 is 0 Å². The maximum Gasteiger partial charge on any atom is 0.0284 e. The standard InChI is InChI=1S/C8H15N/c1-2-3-7-9-8-5-4-6-8/h4-5,8-9H,2-3,6-7H2,1H3. The molecule has 0 bridgehead atoms. The van der Waals surface area contributed by atoms with E-state index in [2.05, 4.69) is 24.4 Å². The van der Waals surface area contributed by atoms with E-state index in [0.29, 0.717) is 6.04 Å². The van der Waals surface area contributed by atoms with Crippen molar-refractivity contribution in [3.63, 3.8) is 0 Å². The lowest BCUT2D eigenvalue weighted by Gasteiger charge is -2.18. The number of nitrogens with one attached hydrogen (secondary N) is 1. The van der Waals surface area contributed by atoms with Crippen molar-refractivity contribution >= 4 is 0 Å². The minimum Gasteiger partial charge on any atom is -0.310 e. The van der Waals surface area contributed by atoms with Gasteiger partial charge in [0, 0.05) is 6.04 Å². The summed E-state index contributed by atoms with van der Waals surface area (Å²) < 4.78 is 0. The molecule has 0 aromatic heterocycles. The van der Waals surface area contributed by atoms with Gasteiger partial charge in [-0.25, -0.2) is 0 Å². The molecule has 9 heavy (non-hydrogen) atoms. The molecule has 1 aliphatic carbocycles. The van der Waals surface area contributed by atoms with Crippen LogP contribution >= 0.6 is 0 Å². The van der Waals surface area contributed by atoms with Gasteiger partial charge in [-0.3, -0.25) is 0 Å². The Morgan fingerprint density at radius 3 is 2.89 bits per heavy atom. The van der Waals surface area contributed by atoms with Crippen LogP contribution < -0.4 is 5.32 Å². The normalized spacial score (nSPS) is 23.9. The molecule has 1 heteroatoms. The fourth-order valence-electron chi connectivity index (χ4n) is 0.888. The minimum absolute atomic E-state index is 0.705. The summed E-state index contributed by atoms with van der Waals surface area (Å²) in [7, 11) is 0. The zero-order chi connectivity index (χ0) is 6.53. The van der Waals surface area contributed by atoms with E-state index in [0.717, 1.165) is 0 Å². The second-order valence-electron chi connectivity index (χ2n) is 2.58. The Hall–Kier alpha value is -0.300. The zero-order valence-corrected chi connectivity index (χ0v) is 6.06. The Bertz CT molecular complexity index is 96.7. The maximum atomic E-state index is 3.43. The van der Waals surface area contributed by atoms with Gasteiger partial charge in [0.05, 0.1) is 0 Å². The summed E-state index contributed by atoms with van der Waals surface area (Å²) in [6, 6.07) is 0.705. The molecule has 0 saturated carbocycles. The van der Waals surface area contributed by atoms with Crippen LogP contribution in [0, 0.1) is 0 Å². The second kappa shape index (κ2) is 3.67. The summed E-state index contributed by atoms with van der Waals surface area (Å²) in [6.07, 6.45) is 8.29. The molecule has 1 N–H and O–H groups in total. The van der Waals surface area contributed by atoms with Crippen LogP contribution in [0.1, 0.15) is 26.2 Å². The summed E-state index contributed by atoms with van der Waals surface area (Å²) >= 11 is 0. The highest BCUT2D eigenvalue weighted by Gasteiger charge is 2.06. The van der Waals surface area contributed by atoms with Crippen LogP contribution in [-0.2, 0) is 0 Å². The molecule has 1 nitrogen and oxygen atoms in total. The quantitative estimate of drug-likeness (QED) is 0.445. The topological polar surface area (TPSA) is 12.0 Å². The van der Waals surface area contributed by atoms with Crippen molar-refractivity contribution in [3.8, 4) is 0 Å². The van der Waals surface area contributed by atoms with Gasteiger partial charge in [0.2, 0.25) is 0 Å². The van der Waals surface area contributed by atoms with Crippen molar-refractivity contribution < 1.29 is 0 Å². The van der Waals surface area contributed by atoms with E-state index in [9.17, 15) is 0 Å². The lowest BCUT2D eigenvalue weighted by atomic mass is 10.0. The molecule has 0 amide bonds. The average molecular weight is 125 g/mol. The van der Waals surface area contributed by atoms with Crippen molar-refractivity contribution in [2.75, 3.05) is 6.54 Å². The first-order valence-electron chi connectivity index (χ1n) is 3.83. The van der Waals surface area contributed by atoms with Crippen molar-refractivity contribution in [1.29, 1.82) is 0 Å². The summed E-state index contributed by atoms with van der Waals surface area (Å²) in [5, 5.41) is 3.43. The molecular formula is C8H15N. The molecule has 0 aromatic carbocycles. The van der Waals surface area contributed by atoms with Crippen LogP contribution in [0.25, 0.3) is 0 Å². The third kappa shape index (κ3) is 2.19. The highest BCUT2D eigenvalue weighted by Crippen LogP contribution is 2.06. The predicted octanol–water partition coefficient (Wildman–Crippen LogP) is 1.70. The van der Waals surface area contributed by atoms with E-state index in [4.69, 9.17) is 0 Å². The van der Waals surface area contributed by atoms with Gasteiger partial charge < -0.3 is 5.32 Å². The Morgan fingerprint density at radius 2 is 2.44 bits per heavy atom. The van der Waals surface area contributed by atoms with Gasteiger partial charge in [0.15, 0.2) is 0 Å². The molecule has 1 unspecified atom stereocenters. The molecule has 0 heterocycles. The van der Waals surface area contributed by atoms with Crippen LogP contribution in [-0.4, -0.2) is 12.6 Å². The molecular weight excluding hydrogens is 110 g/mol. The average Bonchev–Trinajstić information content (AvgIpc) is 1.76. The number of hydrogen-bond donors (Lipinski definition) is 1. The highest BCUT2D eigenvalue weighted by molar-refractivity contribution is 5.06. The Balaban J connectivity index is 1.87. The van der Waals surface area contributed by atoms with E-state index >= 15 is 0 Å². The van der Waals surface area contributed by atoms with Gasteiger partial charge in [-0.05, 0) is 19.4 Å². The van der Waals surface area contributed by atoms with Gasteiger partial charge >= 0.3 is 0 Å². The van der Waals surface area contributed by atoms with E-state index in [1.807, 2.05) is 0 Å². The molecule has 1 atom stereocenters. The number of hydrogen-bond acceptors (Lipinski definition) is 1. The molecule has 0 aliphatic heterocycles. The van der Waals surface area contributed by atoms with Crippen molar-refractivity contribution in [1.82, 2.24) is 5.32 Å². The largest absolute Gasteiger partial charge is 0.310 e. The van der Waals surface area contributed by atoms with Crippen LogP contribution in [0.5, 0.6) is 0 Å². The van der Waals surface area contributed by atoms with Gasteiger partial charge in [0.1, 0.15) is 0 Å². The summed E-state index contributed by atoms with van der Waals surface area (Å²) in [4.78, 5) is 0. The van der Waals surface area contributed by atoms with E-state index in [-0.39, 0.29) is 0 Å². The third-order valence-electron chi connectivity index (χ3n) is 1.70. The molecule has 52 valence electrons. The predicted molar refractivity (Wildman–Crippen MR) is 40.5 cm³/mol. The van der Waals surface area contributed by atoms with Crippen molar-refractivity contribution in [2.24, 2.45) is 0 Å². The van der Waals surface area contributed by atoms with Gasteiger partial charge in [-0.1, -0.05) is 25.5 Å². The summed E-state index contributed by atoms with van der Waals surface area (Å²) in [5.74, 6) is 0. The van der Waals surface area contributed by atoms with Crippen LogP contribution in [0.3, 0.4) is 0 Å². The van der Waals surface area contributed by atoms with Crippen LogP contribution in [0.15, 0.2) is 12.2 Å². The fourth-order valence-corrected chi connectivity index (χ4v) is 0.888. The lowest BCUT2D eigenvalue weighted by Crippen LogP contribution is -2.31. The Morgan fingerprint density at radius 1 is 1.67 bits per heavy atom. The smallest absolute Gasteiger partial charge is 0.0284 e. The molecule has 1 rings (SSSR count). The Labute approximate surface area is 57.1 Å². The first-order valence-corrected chi connectivity index (χ1v) is 3.83. The van der Waals surface area contributed by atoms with Gasteiger partial charge in [-0.2, -0.15) is 0 Å². The van der Waals surface area contributed by atoms with Crippen molar-refractivity contribution in [3.05, 3.63) is 12.2 Å². The van der Waals surface area contributed by atoms with Crippen molar-refractivity contribution in [2.45, 2.75) is 32.2 Å². The van der Waals surface area contributed by atoms with Gasteiger partial charge in [-0.15, -0.1) is 0 Å². The molecule has 0 fully saturated rings. The first kappa shape index (κ1) is 6.81. The van der Waals surface area contributed by atoms with Gasteiger partial charge in [0.25, 0.3) is 0 Å². The molecule has 0 aromatic rings. The molecule has 0 radical (unpaired) electrons. The third-order valence-corrected chi connectivity index (χ3v) is 1.70. The fraction of sp³-hybridized carbons (Fsp3) is 0.750. The SMILES string of the molecule is CCCCNC1C=CC1. The first-order chi connectivity index (χ1) is 4.43. The second-order valence-corrected chi connectivity index (χ2v) is 2.58. The maximum absolute atomic E-state index is 3.43. The summed E-state index contributed by atoms with van der Waals surface area (Å²) in [6.45, 7) is 3.41. The zero-order valence-electron chi connectivity index (χ0n) is 6.06. The highest BCUT2D eigenvalue weighted by atomic mass is 14.9. The minimum atomic E-state index is 0.705. The number of unbranched alkanes of at least 4 members (excludes halogenated alkanes) is 1. The van der Waals surface area contributed by atoms with E-state index in [1.165, 1.54) is 25.8 Å². The Kier molecular flexibility index (Phi) is 2.78.